The maximum atomic E-state index is 11.9. The van der Waals surface area contributed by atoms with Crippen LogP contribution in [0.4, 0.5) is 0 Å². The van der Waals surface area contributed by atoms with Crippen LogP contribution in [0.25, 0.3) is 0 Å². The lowest BCUT2D eigenvalue weighted by molar-refractivity contribution is -0.145. The molecular formula is C17H22ClNO4. The van der Waals surface area contributed by atoms with E-state index in [0.717, 1.165) is 25.7 Å². The maximum Gasteiger partial charge on any atom is 0.325 e. The quantitative estimate of drug-likeness (QED) is 0.612. The maximum absolute atomic E-state index is 11.9. The van der Waals surface area contributed by atoms with E-state index in [9.17, 15) is 9.59 Å². The Morgan fingerprint density at radius 3 is 2.61 bits per heavy atom. The fraction of sp³-hybridized carbons (Fsp3) is 0.529. The monoisotopic (exact) mass is 339 g/mol. The normalized spacial score (nSPS) is 15.0. The molecule has 1 aromatic rings. The number of hydrogen-bond acceptors (Lipinski definition) is 4. The van der Waals surface area contributed by atoms with Crippen LogP contribution in [-0.2, 0) is 14.3 Å². The second kappa shape index (κ2) is 9.40. The van der Waals surface area contributed by atoms with Crippen LogP contribution in [0, 0.1) is 5.92 Å². The minimum atomic E-state index is -0.461. The van der Waals surface area contributed by atoms with Gasteiger partial charge in [0, 0.05) is 5.92 Å². The van der Waals surface area contributed by atoms with Crippen LogP contribution >= 0.6 is 11.6 Å². The fourth-order valence-electron chi connectivity index (χ4n) is 2.59. The van der Waals surface area contributed by atoms with Crippen molar-refractivity contribution in [1.29, 1.82) is 0 Å². The molecule has 0 saturated heterocycles. The summed E-state index contributed by atoms with van der Waals surface area (Å²) in [5, 5.41) is 3.16. The molecule has 0 aliphatic heterocycles. The highest BCUT2D eigenvalue weighted by Crippen LogP contribution is 2.24. The van der Waals surface area contributed by atoms with E-state index < -0.39 is 5.97 Å². The first-order chi connectivity index (χ1) is 11.2. The smallest absolute Gasteiger partial charge is 0.325 e. The number of esters is 1. The van der Waals surface area contributed by atoms with Crippen molar-refractivity contribution in [3.63, 3.8) is 0 Å². The van der Waals surface area contributed by atoms with Crippen molar-refractivity contribution in [2.45, 2.75) is 32.1 Å². The van der Waals surface area contributed by atoms with Crippen molar-refractivity contribution < 1.29 is 19.1 Å². The summed E-state index contributed by atoms with van der Waals surface area (Å²) in [5.41, 5.74) is 0. The topological polar surface area (TPSA) is 64.6 Å². The third-order valence-corrected chi connectivity index (χ3v) is 4.14. The van der Waals surface area contributed by atoms with Gasteiger partial charge in [0.1, 0.15) is 25.5 Å². The molecule has 1 amide bonds. The van der Waals surface area contributed by atoms with Crippen molar-refractivity contribution in [1.82, 2.24) is 5.32 Å². The first-order valence-corrected chi connectivity index (χ1v) is 8.35. The van der Waals surface area contributed by atoms with E-state index >= 15 is 0 Å². The van der Waals surface area contributed by atoms with Gasteiger partial charge < -0.3 is 14.8 Å². The first kappa shape index (κ1) is 17.6. The molecule has 1 aromatic carbocycles. The highest BCUT2D eigenvalue weighted by atomic mass is 35.5. The van der Waals surface area contributed by atoms with Crippen LogP contribution in [0.15, 0.2) is 24.3 Å². The fourth-order valence-corrected chi connectivity index (χ4v) is 2.78. The van der Waals surface area contributed by atoms with Gasteiger partial charge in [0.2, 0.25) is 5.91 Å². The van der Waals surface area contributed by atoms with Gasteiger partial charge >= 0.3 is 5.97 Å². The lowest BCUT2D eigenvalue weighted by Gasteiger charge is -2.20. The number of carbonyl (C=O) groups excluding carboxylic acids is 2. The molecule has 6 heteroatoms. The van der Waals surface area contributed by atoms with Gasteiger partial charge in [0.25, 0.3) is 0 Å². The molecule has 0 radical (unpaired) electrons. The molecule has 1 aliphatic rings. The van der Waals surface area contributed by atoms with E-state index in [4.69, 9.17) is 21.1 Å². The van der Waals surface area contributed by atoms with E-state index in [1.54, 1.807) is 12.1 Å². The Labute approximate surface area is 141 Å². The molecule has 23 heavy (non-hydrogen) atoms. The number of rotatable bonds is 7. The van der Waals surface area contributed by atoms with Gasteiger partial charge in [0.15, 0.2) is 0 Å². The molecule has 126 valence electrons. The molecule has 0 unspecified atom stereocenters. The van der Waals surface area contributed by atoms with Gasteiger partial charge in [-0.2, -0.15) is 0 Å². The predicted octanol–water partition coefficient (Wildman–Crippen LogP) is 2.96. The second-order valence-electron chi connectivity index (χ2n) is 5.55. The molecule has 0 bridgehead atoms. The average Bonchev–Trinajstić information content (AvgIpc) is 2.59. The Balaban J connectivity index is 1.58. The number of para-hydroxylation sites is 1. The molecule has 0 heterocycles. The third kappa shape index (κ3) is 6.10. The Kier molecular flexibility index (Phi) is 7.20. The summed E-state index contributed by atoms with van der Waals surface area (Å²) in [4.78, 5) is 23.5. The average molecular weight is 340 g/mol. The van der Waals surface area contributed by atoms with E-state index in [1.165, 1.54) is 6.42 Å². The number of hydrogen-bond donors (Lipinski definition) is 1. The van der Waals surface area contributed by atoms with Gasteiger partial charge in [-0.15, -0.1) is 0 Å². The molecule has 0 aromatic heterocycles. The van der Waals surface area contributed by atoms with Crippen molar-refractivity contribution >= 4 is 23.5 Å². The summed E-state index contributed by atoms with van der Waals surface area (Å²) in [5.74, 6) is 0.0850. The van der Waals surface area contributed by atoms with Gasteiger partial charge in [-0.25, -0.2) is 0 Å². The summed E-state index contributed by atoms with van der Waals surface area (Å²) in [6.45, 7) is 0.233. The van der Waals surface area contributed by atoms with Crippen LogP contribution in [0.5, 0.6) is 5.75 Å². The van der Waals surface area contributed by atoms with Crippen LogP contribution < -0.4 is 10.1 Å². The molecule has 1 saturated carbocycles. The van der Waals surface area contributed by atoms with Gasteiger partial charge in [-0.1, -0.05) is 43.0 Å². The number of carbonyl (C=O) groups is 2. The molecule has 5 nitrogen and oxygen atoms in total. The van der Waals surface area contributed by atoms with Gasteiger partial charge in [0.05, 0.1) is 5.02 Å². The second-order valence-corrected chi connectivity index (χ2v) is 5.96. The summed E-state index contributed by atoms with van der Waals surface area (Å²) in [6, 6.07) is 7.09. The molecular weight excluding hydrogens is 318 g/mol. The highest BCUT2D eigenvalue weighted by Gasteiger charge is 2.21. The van der Waals surface area contributed by atoms with Crippen molar-refractivity contribution in [3.05, 3.63) is 29.3 Å². The van der Waals surface area contributed by atoms with Crippen molar-refractivity contribution in [2.24, 2.45) is 5.92 Å². The Morgan fingerprint density at radius 1 is 1.13 bits per heavy atom. The lowest BCUT2D eigenvalue weighted by atomic mass is 9.89. The third-order valence-electron chi connectivity index (χ3n) is 3.82. The molecule has 2 rings (SSSR count). The number of nitrogens with one attached hydrogen (secondary N) is 1. The molecule has 0 atom stereocenters. The summed E-state index contributed by atoms with van der Waals surface area (Å²) in [6.07, 6.45) is 5.18. The molecule has 1 aliphatic carbocycles. The number of amides is 1. The Bertz CT molecular complexity index is 529. The molecule has 0 spiro atoms. The zero-order chi connectivity index (χ0) is 16.5. The number of benzene rings is 1. The summed E-state index contributed by atoms with van der Waals surface area (Å²) in [7, 11) is 0. The van der Waals surface area contributed by atoms with Crippen LogP contribution in [-0.4, -0.2) is 31.6 Å². The van der Waals surface area contributed by atoms with Crippen LogP contribution in [0.3, 0.4) is 0 Å². The van der Waals surface area contributed by atoms with Crippen molar-refractivity contribution in [3.8, 4) is 5.75 Å². The number of ether oxygens (including phenoxy) is 2. The highest BCUT2D eigenvalue weighted by molar-refractivity contribution is 6.32. The minimum absolute atomic E-state index is 0.0418. The summed E-state index contributed by atoms with van der Waals surface area (Å²) < 4.78 is 10.4. The Hall–Kier alpha value is -1.75. The number of halogens is 1. The van der Waals surface area contributed by atoms with E-state index in [1.807, 2.05) is 12.1 Å². The molecule has 1 fully saturated rings. The summed E-state index contributed by atoms with van der Waals surface area (Å²) >= 11 is 5.94. The zero-order valence-electron chi connectivity index (χ0n) is 13.1. The van der Waals surface area contributed by atoms with Crippen LogP contribution in [0.1, 0.15) is 32.1 Å². The SMILES string of the molecule is O=C(CNC(=O)C1CCCCC1)OCCOc1ccccc1Cl. The van der Waals surface area contributed by atoms with E-state index in [2.05, 4.69) is 5.32 Å². The largest absolute Gasteiger partial charge is 0.488 e. The predicted molar refractivity (Wildman–Crippen MR) is 87.5 cm³/mol. The van der Waals surface area contributed by atoms with Crippen LogP contribution in [0.2, 0.25) is 5.02 Å². The van der Waals surface area contributed by atoms with Crippen molar-refractivity contribution in [2.75, 3.05) is 19.8 Å². The Morgan fingerprint density at radius 2 is 1.87 bits per heavy atom. The van der Waals surface area contributed by atoms with Gasteiger partial charge in [-0.3, -0.25) is 9.59 Å². The zero-order valence-corrected chi connectivity index (χ0v) is 13.8. The minimum Gasteiger partial charge on any atom is -0.488 e. The molecule has 1 N–H and O–H groups in total. The standard InChI is InChI=1S/C17H22ClNO4/c18-14-8-4-5-9-15(14)22-10-11-23-16(20)12-19-17(21)13-6-2-1-3-7-13/h4-5,8-9,13H,1-3,6-7,10-12H2,(H,19,21). The first-order valence-electron chi connectivity index (χ1n) is 7.97. The lowest BCUT2D eigenvalue weighted by Crippen LogP contribution is -2.36. The van der Waals surface area contributed by atoms with E-state index in [-0.39, 0.29) is 31.6 Å². The van der Waals surface area contributed by atoms with Gasteiger partial charge in [-0.05, 0) is 25.0 Å². The van der Waals surface area contributed by atoms with E-state index in [0.29, 0.717) is 10.8 Å².